The Morgan fingerprint density at radius 1 is 0.702 bits per heavy atom. The third kappa shape index (κ3) is 19.8. The maximum atomic E-state index is 13.9. The van der Waals surface area contributed by atoms with Crippen molar-refractivity contribution in [2.45, 2.75) is 122 Å². The maximum Gasteiger partial charge on any atom is 0.326 e. The largest absolute Gasteiger partial charge is 0.508 e. The summed E-state index contributed by atoms with van der Waals surface area (Å²) in [5.41, 5.74) is 17.4. The lowest BCUT2D eigenvalue weighted by Gasteiger charge is -2.28. The minimum atomic E-state index is -1.39. The van der Waals surface area contributed by atoms with Crippen LogP contribution in [-0.2, 0) is 40.0 Å². The van der Waals surface area contributed by atoms with E-state index >= 15 is 0 Å². The Balaban J connectivity index is 3.42. The Morgan fingerprint density at radius 3 is 1.75 bits per heavy atom. The first-order chi connectivity index (χ1) is 26.7. The van der Waals surface area contributed by atoms with E-state index in [2.05, 4.69) is 31.9 Å². The van der Waals surface area contributed by atoms with Gasteiger partial charge >= 0.3 is 11.9 Å². The van der Waals surface area contributed by atoms with Crippen molar-refractivity contribution < 1.29 is 48.9 Å². The van der Waals surface area contributed by atoms with Crippen molar-refractivity contribution in [2.24, 2.45) is 29.0 Å². The van der Waals surface area contributed by atoms with Gasteiger partial charge in [0.25, 0.3) is 0 Å². The highest BCUT2D eigenvalue weighted by Crippen LogP contribution is 2.14. The highest BCUT2D eigenvalue weighted by atomic mass is 16.4. The number of carbonyl (C=O) groups excluding carboxylic acids is 5. The van der Waals surface area contributed by atoms with E-state index in [1.807, 2.05) is 0 Å². The van der Waals surface area contributed by atoms with Crippen LogP contribution in [-0.4, -0.2) is 112 Å². The first-order valence-corrected chi connectivity index (χ1v) is 19.0. The van der Waals surface area contributed by atoms with E-state index in [9.17, 15) is 48.9 Å². The molecule has 1 aromatic carbocycles. The summed E-state index contributed by atoms with van der Waals surface area (Å²) >= 11 is 0. The molecule has 320 valence electrons. The summed E-state index contributed by atoms with van der Waals surface area (Å²) in [6.07, 6.45) is 0.695. The van der Waals surface area contributed by atoms with Gasteiger partial charge in [-0.2, -0.15) is 0 Å². The molecule has 0 bridgehead atoms. The molecule has 0 aliphatic heterocycles. The number of hydrogen-bond donors (Lipinski definition) is 13. The Bertz CT molecular complexity index is 1510. The lowest BCUT2D eigenvalue weighted by Crippen LogP contribution is -2.60. The maximum absolute atomic E-state index is 13.9. The zero-order valence-corrected chi connectivity index (χ0v) is 33.1. The van der Waals surface area contributed by atoms with E-state index in [4.69, 9.17) is 22.6 Å². The molecule has 0 heterocycles. The average molecular weight is 807 g/mol. The van der Waals surface area contributed by atoms with Crippen molar-refractivity contribution in [3.63, 3.8) is 0 Å². The van der Waals surface area contributed by atoms with Crippen molar-refractivity contribution in [1.29, 1.82) is 5.41 Å². The second kappa shape index (κ2) is 25.6. The number of aliphatic carboxylic acids is 2. The smallest absolute Gasteiger partial charge is 0.326 e. The van der Waals surface area contributed by atoms with Crippen LogP contribution in [0.5, 0.6) is 5.75 Å². The minimum Gasteiger partial charge on any atom is -0.508 e. The summed E-state index contributed by atoms with van der Waals surface area (Å²) in [5.74, 6) is -7.56. The van der Waals surface area contributed by atoms with Crippen LogP contribution in [0.4, 0.5) is 0 Å². The first-order valence-electron chi connectivity index (χ1n) is 19.0. The van der Waals surface area contributed by atoms with Gasteiger partial charge in [0.05, 0.1) is 6.04 Å². The van der Waals surface area contributed by atoms with Gasteiger partial charge in [0.1, 0.15) is 36.0 Å². The number of hydrogen-bond acceptors (Lipinski definition) is 11. The zero-order chi connectivity index (χ0) is 43.2. The molecule has 20 heteroatoms. The second-order valence-corrected chi connectivity index (χ2v) is 14.6. The third-order valence-electron chi connectivity index (χ3n) is 8.78. The van der Waals surface area contributed by atoms with Crippen molar-refractivity contribution in [1.82, 2.24) is 31.9 Å². The standard InChI is InChI=1S/C37H62N10O10/c1-20(2)18-27(34(54)46-28(19-22-10-12-23(48)13-11-22)35(55)47-30(21(3)4)36(56)57)45-32(52)25(9-7-17-42-37(40)41)44-33(53)26(14-15-29(49)50)43-31(51)24(39)8-5-6-16-38/h10-13,20-21,24-28,30,48H,5-9,14-19,38-39H2,1-4H3,(H,43,51)(H,44,53)(H,45,52)(H,46,54)(H,47,55)(H,49,50)(H,56,57)(H4,40,41,42)/t24-,25-,26-,27-,28-,30-/m0/s1. The first kappa shape index (κ1) is 49.5. The molecule has 0 spiro atoms. The molecule has 1 aromatic rings. The highest BCUT2D eigenvalue weighted by molar-refractivity contribution is 5.96. The van der Waals surface area contributed by atoms with Crippen molar-refractivity contribution >= 4 is 47.4 Å². The number of carbonyl (C=O) groups is 7. The van der Waals surface area contributed by atoms with Gasteiger partial charge in [0.15, 0.2) is 5.96 Å². The van der Waals surface area contributed by atoms with Gasteiger partial charge in [-0.1, -0.05) is 46.2 Å². The molecule has 20 nitrogen and oxygen atoms in total. The van der Waals surface area contributed by atoms with Crippen LogP contribution in [0.15, 0.2) is 24.3 Å². The zero-order valence-electron chi connectivity index (χ0n) is 33.1. The van der Waals surface area contributed by atoms with E-state index in [0.29, 0.717) is 24.9 Å². The highest BCUT2D eigenvalue weighted by Gasteiger charge is 2.34. The number of nitrogens with one attached hydrogen (secondary N) is 7. The van der Waals surface area contributed by atoms with Gasteiger partial charge in [-0.3, -0.25) is 34.2 Å². The van der Waals surface area contributed by atoms with Crippen LogP contribution in [0.3, 0.4) is 0 Å². The van der Waals surface area contributed by atoms with E-state index in [1.165, 1.54) is 24.3 Å². The molecule has 0 aliphatic carbocycles. The summed E-state index contributed by atoms with van der Waals surface area (Å²) in [7, 11) is 0. The molecule has 6 atom stereocenters. The van der Waals surface area contributed by atoms with E-state index < -0.39 is 90.1 Å². The van der Waals surface area contributed by atoms with Gasteiger partial charge < -0.3 is 64.4 Å². The average Bonchev–Trinajstić information content (AvgIpc) is 3.12. The molecular weight excluding hydrogens is 744 g/mol. The van der Waals surface area contributed by atoms with Gasteiger partial charge in [0.2, 0.25) is 29.5 Å². The summed E-state index contributed by atoms with van der Waals surface area (Å²) in [6, 6.07) is -1.77. The Morgan fingerprint density at radius 2 is 1.23 bits per heavy atom. The number of carboxylic acids is 2. The topological polar surface area (TPSA) is 354 Å². The van der Waals surface area contributed by atoms with Gasteiger partial charge in [-0.15, -0.1) is 0 Å². The minimum absolute atomic E-state index is 0.0366. The summed E-state index contributed by atoms with van der Waals surface area (Å²) in [6.45, 7) is 7.31. The van der Waals surface area contributed by atoms with Crippen LogP contribution < -0.4 is 49.1 Å². The monoisotopic (exact) mass is 806 g/mol. The van der Waals surface area contributed by atoms with Crippen LogP contribution in [0, 0.1) is 17.2 Å². The molecule has 0 saturated heterocycles. The number of amides is 5. The molecule has 0 radical (unpaired) electrons. The van der Waals surface area contributed by atoms with Gasteiger partial charge in [-0.25, -0.2) is 4.79 Å². The van der Waals surface area contributed by atoms with Crippen molar-refractivity contribution in [3.8, 4) is 5.75 Å². The second-order valence-electron chi connectivity index (χ2n) is 14.6. The fraction of sp³-hybridized carbons (Fsp3) is 0.622. The summed E-state index contributed by atoms with van der Waals surface area (Å²) in [5, 5.41) is 51.6. The number of phenolic OH excluding ortho intramolecular Hbond substituents is 1. The number of guanidine groups is 1. The Kier molecular flexibility index (Phi) is 22.3. The molecule has 0 fully saturated rings. The van der Waals surface area contributed by atoms with Gasteiger partial charge in [-0.05, 0) is 74.6 Å². The van der Waals surface area contributed by atoms with Crippen LogP contribution in [0.2, 0.25) is 0 Å². The molecule has 1 rings (SSSR count). The molecule has 0 unspecified atom stereocenters. The SMILES string of the molecule is CC(C)C[C@H](NC(=O)[C@H](CCCNC(=N)N)NC(=O)[C@H](CCC(=O)O)NC(=O)[C@@H](N)CCCCN)C(=O)N[C@@H](Cc1ccc(O)cc1)C(=O)N[C@H](C(=O)O)C(C)C. The Hall–Kier alpha value is -5.50. The molecule has 16 N–H and O–H groups in total. The molecule has 57 heavy (non-hydrogen) atoms. The third-order valence-corrected chi connectivity index (χ3v) is 8.78. The number of carboxylic acid groups (broad SMARTS) is 2. The molecule has 0 aliphatic rings. The normalized spacial score (nSPS) is 14.2. The molecule has 5 amide bonds. The lowest BCUT2D eigenvalue weighted by molar-refractivity contribution is -0.143. The molecule has 0 aromatic heterocycles. The predicted octanol–water partition coefficient (Wildman–Crippen LogP) is -1.27. The number of rotatable bonds is 27. The van der Waals surface area contributed by atoms with E-state index in [0.717, 1.165) is 0 Å². The van der Waals surface area contributed by atoms with Crippen molar-refractivity contribution in [2.75, 3.05) is 13.1 Å². The van der Waals surface area contributed by atoms with Crippen molar-refractivity contribution in [3.05, 3.63) is 29.8 Å². The van der Waals surface area contributed by atoms with Crippen LogP contribution >= 0.6 is 0 Å². The number of phenols is 1. The fourth-order valence-corrected chi connectivity index (χ4v) is 5.62. The van der Waals surface area contributed by atoms with Crippen LogP contribution in [0.1, 0.15) is 84.6 Å². The predicted molar refractivity (Wildman–Crippen MR) is 210 cm³/mol. The van der Waals surface area contributed by atoms with Crippen LogP contribution in [0.25, 0.3) is 0 Å². The van der Waals surface area contributed by atoms with Gasteiger partial charge in [0, 0.05) is 19.4 Å². The number of unbranched alkanes of at least 4 members (excludes halogenated alkanes) is 1. The van der Waals surface area contributed by atoms with E-state index in [1.54, 1.807) is 27.7 Å². The number of nitrogens with two attached hydrogens (primary N) is 3. The summed E-state index contributed by atoms with van der Waals surface area (Å²) in [4.78, 5) is 91.2. The Labute approximate surface area is 332 Å². The molecule has 0 saturated carbocycles. The van der Waals surface area contributed by atoms with E-state index in [-0.39, 0.29) is 62.7 Å². The lowest BCUT2D eigenvalue weighted by atomic mass is 9.99. The summed E-state index contributed by atoms with van der Waals surface area (Å²) < 4.78 is 0. The fourth-order valence-electron chi connectivity index (χ4n) is 5.62. The quantitative estimate of drug-likeness (QED) is 0.0280. The number of aromatic hydroxyl groups is 1. The molecular formula is C37H62N10O10. The number of benzene rings is 1.